The monoisotopic (exact) mass is 797 g/mol. The molecule has 57 heavy (non-hydrogen) atoms. The van der Waals surface area contributed by atoms with Gasteiger partial charge in [-0.3, -0.25) is 24.5 Å². The Morgan fingerprint density at radius 2 is 1.60 bits per heavy atom. The van der Waals surface area contributed by atoms with E-state index in [4.69, 9.17) is 11.6 Å². The molecule has 0 unspecified atom stereocenters. The molecule has 4 aliphatic rings. The summed E-state index contributed by atoms with van der Waals surface area (Å²) in [6, 6.07) is 13.2. The molecule has 3 aliphatic heterocycles. The van der Waals surface area contributed by atoms with Crippen LogP contribution in [0.25, 0.3) is 0 Å². The first kappa shape index (κ1) is 40.8. The Hall–Kier alpha value is -4.39. The van der Waals surface area contributed by atoms with Gasteiger partial charge in [-0.15, -0.1) is 0 Å². The molecule has 304 valence electrons. The van der Waals surface area contributed by atoms with Crippen LogP contribution in [0.4, 0.5) is 5.82 Å². The van der Waals surface area contributed by atoms with Crippen LogP contribution in [0.2, 0.25) is 5.02 Å². The summed E-state index contributed by atoms with van der Waals surface area (Å²) < 4.78 is 0. The van der Waals surface area contributed by atoms with E-state index in [2.05, 4.69) is 38.5 Å². The highest BCUT2D eigenvalue weighted by molar-refractivity contribution is 6.30. The van der Waals surface area contributed by atoms with Gasteiger partial charge in [-0.2, -0.15) is 0 Å². The number of hydrogen-bond donors (Lipinski definition) is 3. The number of fused-ring (bicyclic) bond motifs is 2. The summed E-state index contributed by atoms with van der Waals surface area (Å²) >= 11 is 6.21. The number of piperidine rings is 1. The molecule has 0 saturated carbocycles. The Morgan fingerprint density at radius 3 is 2.32 bits per heavy atom. The summed E-state index contributed by atoms with van der Waals surface area (Å²) in [6.07, 6.45) is 12.1. The summed E-state index contributed by atoms with van der Waals surface area (Å²) in [5.74, 6) is 0.217. The standard InChI is InChI=1S/C44H56ClN7O5/c1-29-23-37(53)41-40(29)42(48-28-47-41)50-19-21-51(22-20-50)43(56)35(31-14-16-32(45)17-15-31)26-46-18-9-7-5-3-2-4-6-8-11-30-12-10-13-34-36(30)27-52(44(34)57)33-24-38(54)49-39(55)25-33/h10,12-17,28-29,33,35,37,46,53H,2-9,11,18-27H2,1H3,(H,49,54,55)/t29-,35-,37-/m1/s1. The number of nitrogens with one attached hydrogen (secondary N) is 2. The minimum absolute atomic E-state index is 0.0741. The average molecular weight is 798 g/mol. The number of piperazine rings is 1. The highest BCUT2D eigenvalue weighted by Gasteiger charge is 2.38. The molecular weight excluding hydrogens is 742 g/mol. The maximum absolute atomic E-state index is 14.0. The van der Waals surface area contributed by atoms with Crippen LogP contribution in [0.15, 0.2) is 48.8 Å². The van der Waals surface area contributed by atoms with Crippen LogP contribution in [0.3, 0.4) is 0 Å². The topological polar surface area (TPSA) is 148 Å². The van der Waals surface area contributed by atoms with Gasteiger partial charge in [0.05, 0.1) is 17.7 Å². The minimum atomic E-state index is -0.544. The van der Waals surface area contributed by atoms with Crippen molar-refractivity contribution in [3.05, 3.63) is 87.3 Å². The van der Waals surface area contributed by atoms with E-state index in [-0.39, 0.29) is 54.3 Å². The molecule has 13 heteroatoms. The predicted molar refractivity (Wildman–Crippen MR) is 219 cm³/mol. The number of aryl methyl sites for hydroxylation is 1. The molecule has 2 saturated heterocycles. The highest BCUT2D eigenvalue weighted by atomic mass is 35.5. The number of aliphatic hydroxyl groups is 1. The second-order valence-electron chi connectivity index (χ2n) is 16.3. The van der Waals surface area contributed by atoms with E-state index >= 15 is 0 Å². The van der Waals surface area contributed by atoms with Crippen molar-refractivity contribution >= 4 is 41.0 Å². The number of unbranched alkanes of at least 4 members (excludes halogenated alkanes) is 7. The van der Waals surface area contributed by atoms with Crippen molar-refractivity contribution < 1.29 is 24.3 Å². The molecule has 0 bridgehead atoms. The number of anilines is 1. The molecule has 7 rings (SSSR count). The van der Waals surface area contributed by atoms with E-state index in [1.165, 1.54) is 31.2 Å². The lowest BCUT2D eigenvalue weighted by Gasteiger charge is -2.38. The summed E-state index contributed by atoms with van der Waals surface area (Å²) in [6.45, 7) is 6.61. The third-order valence-corrected chi connectivity index (χ3v) is 12.5. The maximum atomic E-state index is 14.0. The Labute approximate surface area is 340 Å². The van der Waals surface area contributed by atoms with Gasteiger partial charge in [0.2, 0.25) is 17.7 Å². The van der Waals surface area contributed by atoms with Crippen LogP contribution in [0, 0.1) is 0 Å². The van der Waals surface area contributed by atoms with Gasteiger partial charge < -0.3 is 25.1 Å². The number of aliphatic hydroxyl groups excluding tert-OH is 1. The first-order valence-electron chi connectivity index (χ1n) is 20.9. The predicted octanol–water partition coefficient (Wildman–Crippen LogP) is 5.82. The maximum Gasteiger partial charge on any atom is 0.254 e. The fourth-order valence-corrected chi connectivity index (χ4v) is 9.28. The fraction of sp³-hybridized carbons (Fsp3) is 0.545. The number of aromatic nitrogens is 2. The molecule has 0 spiro atoms. The SMILES string of the molecule is C[C@@H]1C[C@@H](O)c2ncnc(N3CCN(C(=O)[C@H](CNCCCCCCCCCCc4cccc5c4CN(C4CC(=O)NC(=O)C4)C5=O)c4ccc(Cl)cc4)CC3)c21. The normalized spacial score (nSPS) is 20.2. The molecule has 3 aromatic rings. The van der Waals surface area contributed by atoms with E-state index in [0.717, 1.165) is 66.9 Å². The zero-order chi connectivity index (χ0) is 39.9. The Balaban J connectivity index is 0.791. The molecule has 12 nitrogen and oxygen atoms in total. The molecule has 2 aromatic carbocycles. The van der Waals surface area contributed by atoms with Crippen molar-refractivity contribution in [2.75, 3.05) is 44.2 Å². The quantitative estimate of drug-likeness (QED) is 0.114. The Bertz CT molecular complexity index is 1900. The molecule has 1 aromatic heterocycles. The number of benzene rings is 2. The van der Waals surface area contributed by atoms with E-state index in [1.54, 1.807) is 11.2 Å². The van der Waals surface area contributed by atoms with Gasteiger partial charge in [0, 0.05) is 74.3 Å². The number of imide groups is 1. The van der Waals surface area contributed by atoms with E-state index < -0.39 is 6.10 Å². The second-order valence-corrected chi connectivity index (χ2v) is 16.7. The van der Waals surface area contributed by atoms with Crippen LogP contribution in [-0.2, 0) is 27.3 Å². The van der Waals surface area contributed by atoms with Crippen molar-refractivity contribution in [3.63, 3.8) is 0 Å². The molecule has 2 fully saturated rings. The number of nitrogens with zero attached hydrogens (tertiary/aromatic N) is 5. The number of rotatable bonds is 17. The van der Waals surface area contributed by atoms with Crippen molar-refractivity contribution in [2.45, 2.75) is 114 Å². The molecule has 4 heterocycles. The zero-order valence-corrected chi connectivity index (χ0v) is 33.8. The van der Waals surface area contributed by atoms with Gasteiger partial charge >= 0.3 is 0 Å². The number of carbonyl (C=O) groups excluding carboxylic acids is 4. The lowest BCUT2D eigenvalue weighted by atomic mass is 9.96. The van der Waals surface area contributed by atoms with Gasteiger partial charge in [-0.05, 0) is 73.0 Å². The molecule has 3 atom stereocenters. The van der Waals surface area contributed by atoms with Crippen molar-refractivity contribution in [3.8, 4) is 0 Å². The van der Waals surface area contributed by atoms with Crippen LogP contribution in [0.5, 0.6) is 0 Å². The lowest BCUT2D eigenvalue weighted by Crippen LogP contribution is -2.51. The van der Waals surface area contributed by atoms with E-state index in [0.29, 0.717) is 56.3 Å². The number of amides is 4. The fourth-order valence-electron chi connectivity index (χ4n) is 9.15. The Morgan fingerprint density at radius 1 is 0.912 bits per heavy atom. The second kappa shape index (κ2) is 18.9. The average Bonchev–Trinajstić information content (AvgIpc) is 3.71. The Kier molecular flexibility index (Phi) is 13.5. The smallest absolute Gasteiger partial charge is 0.254 e. The van der Waals surface area contributed by atoms with Crippen molar-refractivity contribution in [2.24, 2.45) is 0 Å². The van der Waals surface area contributed by atoms with Gasteiger partial charge in [0.25, 0.3) is 5.91 Å². The van der Waals surface area contributed by atoms with Gasteiger partial charge in [0.1, 0.15) is 12.1 Å². The van der Waals surface area contributed by atoms with Crippen LogP contribution >= 0.6 is 11.6 Å². The van der Waals surface area contributed by atoms with E-state index in [9.17, 15) is 24.3 Å². The summed E-state index contributed by atoms with van der Waals surface area (Å²) in [5, 5.41) is 17.0. The first-order chi connectivity index (χ1) is 27.7. The van der Waals surface area contributed by atoms with Gasteiger partial charge in [-0.1, -0.05) is 81.3 Å². The summed E-state index contributed by atoms with van der Waals surface area (Å²) in [7, 11) is 0. The van der Waals surface area contributed by atoms with Gasteiger partial charge in [0.15, 0.2) is 0 Å². The zero-order valence-electron chi connectivity index (χ0n) is 33.1. The lowest BCUT2D eigenvalue weighted by molar-refractivity contribution is -0.135. The molecule has 3 N–H and O–H groups in total. The van der Waals surface area contributed by atoms with Gasteiger partial charge in [-0.25, -0.2) is 9.97 Å². The highest BCUT2D eigenvalue weighted by Crippen LogP contribution is 2.43. The van der Waals surface area contributed by atoms with Crippen molar-refractivity contribution in [1.82, 2.24) is 30.4 Å². The molecule has 1 aliphatic carbocycles. The molecule has 0 radical (unpaired) electrons. The van der Waals surface area contributed by atoms with Crippen molar-refractivity contribution in [1.29, 1.82) is 0 Å². The minimum Gasteiger partial charge on any atom is -0.387 e. The number of hydrogen-bond acceptors (Lipinski definition) is 9. The number of halogens is 1. The van der Waals surface area contributed by atoms with E-state index in [1.807, 2.05) is 41.3 Å². The third kappa shape index (κ3) is 9.67. The molecular formula is C44H56ClN7O5. The largest absolute Gasteiger partial charge is 0.387 e. The van der Waals surface area contributed by atoms with Crippen LogP contribution < -0.4 is 15.5 Å². The summed E-state index contributed by atoms with van der Waals surface area (Å²) in [5.41, 5.74) is 5.71. The third-order valence-electron chi connectivity index (χ3n) is 12.3. The molecule has 4 amide bonds. The van der Waals surface area contributed by atoms with Crippen LogP contribution in [-0.4, -0.2) is 93.8 Å². The number of carbonyl (C=O) groups is 4. The first-order valence-corrected chi connectivity index (χ1v) is 21.3. The summed E-state index contributed by atoms with van der Waals surface area (Å²) in [4.78, 5) is 65.9. The van der Waals surface area contributed by atoms with Crippen LogP contribution in [0.1, 0.15) is 134 Å².